The van der Waals surface area contributed by atoms with Crippen LogP contribution in [0.15, 0.2) is 24.4 Å². The summed E-state index contributed by atoms with van der Waals surface area (Å²) < 4.78 is 0. The van der Waals surface area contributed by atoms with Crippen molar-refractivity contribution in [2.24, 2.45) is 0 Å². The molecule has 1 aromatic carbocycles. The molecule has 1 aromatic heterocycles. The first-order valence-corrected chi connectivity index (χ1v) is 7.58. The average Bonchev–Trinajstić information content (AvgIpc) is 2.45. The zero-order chi connectivity index (χ0) is 15.4. The first kappa shape index (κ1) is 15.6. The van der Waals surface area contributed by atoms with E-state index in [0.717, 1.165) is 47.4 Å². The number of aromatic nitrogens is 1. The molecule has 2 aromatic rings. The maximum absolute atomic E-state index is 6.03. The Morgan fingerprint density at radius 2 is 2.05 bits per heavy atom. The molecule has 0 aliphatic carbocycles. The SMILES string of the molecule is Cc1cc2c(NCCCN(C)C(C)C)ccc(N)c2cn1. The van der Waals surface area contributed by atoms with Crippen LogP contribution in [0.4, 0.5) is 11.4 Å². The fourth-order valence-electron chi connectivity index (χ4n) is 2.33. The predicted octanol–water partition coefficient (Wildman–Crippen LogP) is 3.27. The topological polar surface area (TPSA) is 54.2 Å². The number of nitrogen functional groups attached to an aromatic ring is 1. The van der Waals surface area contributed by atoms with Crippen molar-refractivity contribution in [3.05, 3.63) is 30.1 Å². The van der Waals surface area contributed by atoms with Crippen LogP contribution >= 0.6 is 0 Å². The molecule has 1 heterocycles. The van der Waals surface area contributed by atoms with E-state index in [1.807, 2.05) is 19.2 Å². The molecular weight excluding hydrogens is 260 g/mol. The number of fused-ring (bicyclic) bond motifs is 1. The lowest BCUT2D eigenvalue weighted by atomic mass is 10.1. The number of aryl methyl sites for hydroxylation is 1. The van der Waals surface area contributed by atoms with Crippen molar-refractivity contribution in [3.8, 4) is 0 Å². The molecule has 0 aliphatic rings. The number of nitrogens with two attached hydrogens (primary N) is 1. The van der Waals surface area contributed by atoms with Gasteiger partial charge in [-0.05, 0) is 59.0 Å². The Labute approximate surface area is 127 Å². The molecule has 0 amide bonds. The van der Waals surface area contributed by atoms with Crippen LogP contribution < -0.4 is 11.1 Å². The van der Waals surface area contributed by atoms with E-state index in [9.17, 15) is 0 Å². The highest BCUT2D eigenvalue weighted by Gasteiger charge is 2.06. The fraction of sp³-hybridized carbons (Fsp3) is 0.471. The normalized spacial score (nSPS) is 11.5. The van der Waals surface area contributed by atoms with Crippen LogP contribution in [0, 0.1) is 6.92 Å². The average molecular weight is 286 g/mol. The van der Waals surface area contributed by atoms with Gasteiger partial charge in [-0.3, -0.25) is 4.98 Å². The van der Waals surface area contributed by atoms with Gasteiger partial charge in [-0.25, -0.2) is 0 Å². The molecule has 0 atom stereocenters. The molecule has 2 rings (SSSR count). The minimum absolute atomic E-state index is 0.594. The highest BCUT2D eigenvalue weighted by molar-refractivity contribution is 6.00. The monoisotopic (exact) mass is 286 g/mol. The van der Waals surface area contributed by atoms with Crippen LogP contribution in [0.1, 0.15) is 26.0 Å². The molecule has 0 fully saturated rings. The van der Waals surface area contributed by atoms with E-state index in [4.69, 9.17) is 5.73 Å². The maximum Gasteiger partial charge on any atom is 0.0422 e. The summed E-state index contributed by atoms with van der Waals surface area (Å²) >= 11 is 0. The summed E-state index contributed by atoms with van der Waals surface area (Å²) in [6, 6.07) is 6.69. The number of anilines is 2. The van der Waals surface area contributed by atoms with Gasteiger partial charge in [0.25, 0.3) is 0 Å². The molecule has 21 heavy (non-hydrogen) atoms. The molecule has 0 unspecified atom stereocenters. The molecule has 0 aliphatic heterocycles. The number of hydrogen-bond acceptors (Lipinski definition) is 4. The van der Waals surface area contributed by atoms with E-state index in [-0.39, 0.29) is 0 Å². The molecule has 4 heteroatoms. The van der Waals surface area contributed by atoms with Crippen molar-refractivity contribution in [2.75, 3.05) is 31.2 Å². The van der Waals surface area contributed by atoms with Gasteiger partial charge in [-0.2, -0.15) is 0 Å². The van der Waals surface area contributed by atoms with E-state index < -0.39 is 0 Å². The smallest absolute Gasteiger partial charge is 0.0422 e. The largest absolute Gasteiger partial charge is 0.398 e. The molecule has 3 N–H and O–H groups in total. The molecule has 0 saturated carbocycles. The zero-order valence-corrected chi connectivity index (χ0v) is 13.5. The highest BCUT2D eigenvalue weighted by atomic mass is 15.1. The van der Waals surface area contributed by atoms with Gasteiger partial charge in [0.05, 0.1) is 0 Å². The quantitative estimate of drug-likeness (QED) is 0.632. The van der Waals surface area contributed by atoms with Crippen LogP contribution in [0.25, 0.3) is 10.8 Å². The lowest BCUT2D eigenvalue weighted by Crippen LogP contribution is -2.28. The number of rotatable bonds is 6. The van der Waals surface area contributed by atoms with Gasteiger partial charge in [-0.1, -0.05) is 0 Å². The Hall–Kier alpha value is -1.81. The van der Waals surface area contributed by atoms with Crippen molar-refractivity contribution < 1.29 is 0 Å². The van der Waals surface area contributed by atoms with Crippen LogP contribution in [0.2, 0.25) is 0 Å². The van der Waals surface area contributed by atoms with E-state index >= 15 is 0 Å². The molecule has 114 valence electrons. The Morgan fingerprint density at radius 1 is 1.29 bits per heavy atom. The summed E-state index contributed by atoms with van der Waals surface area (Å²) in [5.74, 6) is 0. The van der Waals surface area contributed by atoms with Gasteiger partial charge in [0, 0.05) is 46.6 Å². The van der Waals surface area contributed by atoms with Gasteiger partial charge in [0.1, 0.15) is 0 Å². The molecule has 0 radical (unpaired) electrons. The maximum atomic E-state index is 6.03. The van der Waals surface area contributed by atoms with E-state index in [2.05, 4.69) is 48.2 Å². The number of hydrogen-bond donors (Lipinski definition) is 2. The minimum Gasteiger partial charge on any atom is -0.398 e. The third-order valence-corrected chi connectivity index (χ3v) is 3.96. The third-order valence-electron chi connectivity index (χ3n) is 3.96. The van der Waals surface area contributed by atoms with Crippen molar-refractivity contribution in [1.82, 2.24) is 9.88 Å². The van der Waals surface area contributed by atoms with Crippen molar-refractivity contribution in [2.45, 2.75) is 33.2 Å². The van der Waals surface area contributed by atoms with Crippen LogP contribution in [0.5, 0.6) is 0 Å². The Morgan fingerprint density at radius 3 is 2.76 bits per heavy atom. The van der Waals surface area contributed by atoms with Gasteiger partial charge >= 0.3 is 0 Å². The summed E-state index contributed by atoms with van der Waals surface area (Å²) in [6.45, 7) is 8.49. The summed E-state index contributed by atoms with van der Waals surface area (Å²) in [5, 5.41) is 5.70. The minimum atomic E-state index is 0.594. The van der Waals surface area contributed by atoms with Gasteiger partial charge < -0.3 is 16.0 Å². The van der Waals surface area contributed by atoms with Crippen LogP contribution in [-0.2, 0) is 0 Å². The van der Waals surface area contributed by atoms with E-state index in [1.54, 1.807) is 0 Å². The second kappa shape index (κ2) is 6.76. The number of nitrogens with one attached hydrogen (secondary N) is 1. The van der Waals surface area contributed by atoms with Gasteiger partial charge in [0.15, 0.2) is 0 Å². The van der Waals surface area contributed by atoms with E-state index in [1.165, 1.54) is 0 Å². The Balaban J connectivity index is 2.05. The number of nitrogens with zero attached hydrogens (tertiary/aromatic N) is 2. The van der Waals surface area contributed by atoms with Crippen LogP contribution in [0.3, 0.4) is 0 Å². The lowest BCUT2D eigenvalue weighted by molar-refractivity contribution is 0.273. The van der Waals surface area contributed by atoms with Crippen molar-refractivity contribution in [1.29, 1.82) is 0 Å². The highest BCUT2D eigenvalue weighted by Crippen LogP contribution is 2.28. The Kier molecular flexibility index (Phi) is 5.02. The van der Waals surface area contributed by atoms with Gasteiger partial charge in [0.2, 0.25) is 0 Å². The third kappa shape index (κ3) is 3.85. The predicted molar refractivity (Wildman–Crippen MR) is 91.8 cm³/mol. The molecule has 0 saturated heterocycles. The van der Waals surface area contributed by atoms with Crippen LogP contribution in [-0.4, -0.2) is 36.1 Å². The molecular formula is C17H26N4. The summed E-state index contributed by atoms with van der Waals surface area (Å²) in [4.78, 5) is 6.69. The molecule has 4 nitrogen and oxygen atoms in total. The first-order valence-electron chi connectivity index (χ1n) is 7.58. The molecule has 0 spiro atoms. The number of pyridine rings is 1. The van der Waals surface area contributed by atoms with E-state index in [0.29, 0.717) is 6.04 Å². The number of benzene rings is 1. The summed E-state index contributed by atoms with van der Waals surface area (Å²) in [5.41, 5.74) is 8.95. The standard InChI is InChI=1S/C17H26N4/c1-12(2)21(4)9-5-8-19-17-7-6-16(18)15-11-20-13(3)10-14(15)17/h6-7,10-12,19H,5,8-9,18H2,1-4H3. The first-order chi connectivity index (χ1) is 9.99. The molecule has 0 bridgehead atoms. The zero-order valence-electron chi connectivity index (χ0n) is 13.5. The second-order valence-corrected chi connectivity index (χ2v) is 5.93. The van der Waals surface area contributed by atoms with Crippen molar-refractivity contribution >= 4 is 22.1 Å². The fourth-order valence-corrected chi connectivity index (χ4v) is 2.33. The van der Waals surface area contributed by atoms with Gasteiger partial charge in [-0.15, -0.1) is 0 Å². The second-order valence-electron chi connectivity index (χ2n) is 5.93. The Bertz CT molecular complexity index is 607. The van der Waals surface area contributed by atoms with Crippen molar-refractivity contribution in [3.63, 3.8) is 0 Å². The summed E-state index contributed by atoms with van der Waals surface area (Å²) in [6.07, 6.45) is 2.97. The summed E-state index contributed by atoms with van der Waals surface area (Å²) in [7, 11) is 2.16. The lowest BCUT2D eigenvalue weighted by Gasteiger charge is -2.21.